The van der Waals surface area contributed by atoms with E-state index in [1.807, 2.05) is 60.7 Å². The molecule has 0 unspecified atom stereocenters. The number of para-hydroxylation sites is 2. The van der Waals surface area contributed by atoms with Gasteiger partial charge in [0.05, 0.1) is 11.0 Å². The molecular formula is C23H18N2OS. The van der Waals surface area contributed by atoms with Gasteiger partial charge in [-0.2, -0.15) is 0 Å². The Bertz CT molecular complexity index is 1170. The van der Waals surface area contributed by atoms with Crippen molar-refractivity contribution in [2.75, 3.05) is 5.75 Å². The summed E-state index contributed by atoms with van der Waals surface area (Å²) in [7, 11) is 0. The monoisotopic (exact) mass is 370 g/mol. The molecule has 0 saturated carbocycles. The van der Waals surface area contributed by atoms with Crippen LogP contribution in [0.4, 0.5) is 0 Å². The maximum absolute atomic E-state index is 13.0. The lowest BCUT2D eigenvalue weighted by molar-refractivity contribution is 0.0965. The van der Waals surface area contributed by atoms with Crippen LogP contribution >= 0.6 is 11.8 Å². The van der Waals surface area contributed by atoms with Gasteiger partial charge in [0.15, 0.2) is 5.16 Å². The summed E-state index contributed by atoms with van der Waals surface area (Å²) in [5.74, 6) is 0.590. The molecule has 0 amide bonds. The van der Waals surface area contributed by atoms with Gasteiger partial charge in [-0.1, -0.05) is 72.4 Å². The van der Waals surface area contributed by atoms with E-state index in [2.05, 4.69) is 29.8 Å². The van der Waals surface area contributed by atoms with Crippen molar-refractivity contribution in [3.05, 3.63) is 91.0 Å². The van der Waals surface area contributed by atoms with Crippen molar-refractivity contribution in [1.82, 2.24) is 9.55 Å². The molecular weight excluding hydrogens is 352 g/mol. The first-order chi connectivity index (χ1) is 13.3. The minimum absolute atomic E-state index is 0.108. The highest BCUT2D eigenvalue weighted by atomic mass is 32.2. The third-order valence-electron chi connectivity index (χ3n) is 4.31. The molecule has 0 saturated heterocycles. The van der Waals surface area contributed by atoms with Gasteiger partial charge < -0.3 is 0 Å². The number of thioether (sulfide) groups is 1. The lowest BCUT2D eigenvalue weighted by atomic mass is 10.0. The number of nitrogens with zero attached hydrogens (tertiary/aromatic N) is 2. The molecule has 0 spiro atoms. The fraction of sp³-hybridized carbons (Fsp3) is 0.0435. The standard InChI is InChI=1S/C23H18N2OS/c1-2-16-27-23-24-20-12-5-6-13-21(20)25(23)22(26)15-14-18-10-7-9-17-8-3-4-11-19(17)18/h2-15H,1,16H2. The van der Waals surface area contributed by atoms with Crippen LogP contribution in [0, 0.1) is 0 Å². The third-order valence-corrected chi connectivity index (χ3v) is 5.24. The van der Waals surface area contributed by atoms with Crippen LogP contribution in [-0.4, -0.2) is 21.2 Å². The molecule has 3 aromatic carbocycles. The van der Waals surface area contributed by atoms with Crippen LogP contribution < -0.4 is 0 Å². The SMILES string of the molecule is C=CCSc1nc2ccccc2n1C(=O)C=Cc1cccc2ccccc12. The number of rotatable bonds is 5. The molecule has 0 aliphatic heterocycles. The molecule has 4 aromatic rings. The highest BCUT2D eigenvalue weighted by Gasteiger charge is 2.14. The number of hydrogen-bond acceptors (Lipinski definition) is 3. The summed E-state index contributed by atoms with van der Waals surface area (Å²) in [5.41, 5.74) is 2.65. The zero-order chi connectivity index (χ0) is 18.6. The van der Waals surface area contributed by atoms with E-state index in [1.165, 1.54) is 11.8 Å². The summed E-state index contributed by atoms with van der Waals surface area (Å²) in [6.07, 6.45) is 5.31. The number of imidazole rings is 1. The molecule has 0 aliphatic carbocycles. The Morgan fingerprint density at radius 2 is 1.81 bits per heavy atom. The van der Waals surface area contributed by atoms with Gasteiger partial charge in [-0.25, -0.2) is 4.98 Å². The highest BCUT2D eigenvalue weighted by Crippen LogP contribution is 2.25. The fourth-order valence-corrected chi connectivity index (χ4v) is 3.83. The zero-order valence-electron chi connectivity index (χ0n) is 14.7. The van der Waals surface area contributed by atoms with Crippen molar-refractivity contribution >= 4 is 45.6 Å². The second-order valence-corrected chi connectivity index (χ2v) is 7.05. The summed E-state index contributed by atoms with van der Waals surface area (Å²) < 4.78 is 1.67. The molecule has 0 atom stereocenters. The smallest absolute Gasteiger partial charge is 0.257 e. The molecule has 132 valence electrons. The zero-order valence-corrected chi connectivity index (χ0v) is 15.5. The number of aromatic nitrogens is 2. The third kappa shape index (κ3) is 3.44. The number of fused-ring (bicyclic) bond motifs is 2. The summed E-state index contributed by atoms with van der Waals surface area (Å²) in [5, 5.41) is 2.96. The number of carbonyl (C=O) groups is 1. The van der Waals surface area contributed by atoms with E-state index < -0.39 is 0 Å². The van der Waals surface area contributed by atoms with Crippen molar-refractivity contribution in [2.24, 2.45) is 0 Å². The summed E-state index contributed by atoms with van der Waals surface area (Å²) in [6, 6.07) is 21.9. The largest absolute Gasteiger partial charge is 0.269 e. The Balaban J connectivity index is 1.74. The maximum Gasteiger partial charge on any atom is 0.257 e. The van der Waals surface area contributed by atoms with E-state index in [0.29, 0.717) is 10.9 Å². The van der Waals surface area contributed by atoms with Crippen molar-refractivity contribution in [3.63, 3.8) is 0 Å². The Hall–Kier alpha value is -3.11. The van der Waals surface area contributed by atoms with E-state index >= 15 is 0 Å². The van der Waals surface area contributed by atoms with Crippen molar-refractivity contribution < 1.29 is 4.79 Å². The van der Waals surface area contributed by atoms with E-state index in [1.54, 1.807) is 10.6 Å². The molecule has 0 radical (unpaired) electrons. The van der Waals surface area contributed by atoms with Crippen molar-refractivity contribution in [1.29, 1.82) is 0 Å². The molecule has 0 aliphatic rings. The minimum atomic E-state index is -0.108. The van der Waals surface area contributed by atoms with Gasteiger partial charge in [-0.3, -0.25) is 9.36 Å². The molecule has 3 nitrogen and oxygen atoms in total. The van der Waals surface area contributed by atoms with Crippen LogP contribution in [0.15, 0.2) is 90.6 Å². The molecule has 4 rings (SSSR count). The Morgan fingerprint density at radius 3 is 2.70 bits per heavy atom. The first-order valence-corrected chi connectivity index (χ1v) is 9.68. The molecule has 27 heavy (non-hydrogen) atoms. The second kappa shape index (κ2) is 7.64. The fourth-order valence-electron chi connectivity index (χ4n) is 3.08. The van der Waals surface area contributed by atoms with Gasteiger partial charge in [0.25, 0.3) is 5.91 Å². The minimum Gasteiger partial charge on any atom is -0.269 e. The Morgan fingerprint density at radius 1 is 1.04 bits per heavy atom. The van der Waals surface area contributed by atoms with Gasteiger partial charge in [-0.15, -0.1) is 6.58 Å². The van der Waals surface area contributed by atoms with Crippen LogP contribution in [0.3, 0.4) is 0 Å². The van der Waals surface area contributed by atoms with E-state index in [-0.39, 0.29) is 5.91 Å². The second-order valence-electron chi connectivity index (χ2n) is 6.06. The molecule has 0 fully saturated rings. The van der Waals surface area contributed by atoms with Gasteiger partial charge in [-0.05, 0) is 34.5 Å². The average molecular weight is 370 g/mol. The number of allylic oxidation sites excluding steroid dienone is 1. The van der Waals surface area contributed by atoms with Gasteiger partial charge in [0, 0.05) is 11.8 Å². The van der Waals surface area contributed by atoms with Crippen molar-refractivity contribution in [3.8, 4) is 0 Å². The van der Waals surface area contributed by atoms with Crippen LogP contribution in [0.2, 0.25) is 0 Å². The van der Waals surface area contributed by atoms with Crippen LogP contribution in [0.5, 0.6) is 0 Å². The molecule has 0 bridgehead atoms. The predicted octanol–water partition coefficient (Wildman–Crippen LogP) is 5.82. The highest BCUT2D eigenvalue weighted by molar-refractivity contribution is 7.99. The molecule has 4 heteroatoms. The van der Waals surface area contributed by atoms with E-state index in [0.717, 1.165) is 27.4 Å². The summed E-state index contributed by atoms with van der Waals surface area (Å²) in [4.78, 5) is 17.6. The van der Waals surface area contributed by atoms with Gasteiger partial charge in [0.2, 0.25) is 0 Å². The molecule has 1 aromatic heterocycles. The van der Waals surface area contributed by atoms with Crippen LogP contribution in [0.25, 0.3) is 27.9 Å². The number of hydrogen-bond donors (Lipinski definition) is 0. The number of benzene rings is 3. The van der Waals surface area contributed by atoms with Gasteiger partial charge >= 0.3 is 0 Å². The lowest BCUT2D eigenvalue weighted by Crippen LogP contribution is -2.08. The number of carbonyl (C=O) groups excluding carboxylic acids is 1. The molecule has 1 heterocycles. The van der Waals surface area contributed by atoms with Crippen molar-refractivity contribution in [2.45, 2.75) is 5.16 Å². The summed E-state index contributed by atoms with van der Waals surface area (Å²) in [6.45, 7) is 3.75. The predicted molar refractivity (Wildman–Crippen MR) is 114 cm³/mol. The summed E-state index contributed by atoms with van der Waals surface area (Å²) >= 11 is 1.50. The van der Waals surface area contributed by atoms with Crippen LogP contribution in [0.1, 0.15) is 10.4 Å². The quantitative estimate of drug-likeness (QED) is 0.252. The maximum atomic E-state index is 13.0. The first-order valence-electron chi connectivity index (χ1n) is 8.69. The Kier molecular flexibility index (Phi) is 4.90. The lowest BCUT2D eigenvalue weighted by Gasteiger charge is -2.05. The van der Waals surface area contributed by atoms with Crippen LogP contribution in [-0.2, 0) is 0 Å². The topological polar surface area (TPSA) is 34.9 Å². The molecule has 0 N–H and O–H groups in total. The first kappa shape index (κ1) is 17.3. The normalized spacial score (nSPS) is 11.4. The van der Waals surface area contributed by atoms with Gasteiger partial charge in [0.1, 0.15) is 0 Å². The average Bonchev–Trinajstić information content (AvgIpc) is 3.08. The van der Waals surface area contributed by atoms with E-state index in [4.69, 9.17) is 0 Å². The Labute approximate surface area is 162 Å². The van der Waals surface area contributed by atoms with E-state index in [9.17, 15) is 4.79 Å².